The van der Waals surface area contributed by atoms with Gasteiger partial charge >= 0.3 is 0 Å². The average Bonchev–Trinajstić information content (AvgIpc) is 2.52. The fraction of sp³-hybridized carbons (Fsp3) is 0.652. The Hall–Kier alpha value is -0.690. The molecule has 0 saturated carbocycles. The van der Waals surface area contributed by atoms with Crippen molar-refractivity contribution < 1.29 is 0 Å². The summed E-state index contributed by atoms with van der Waals surface area (Å²) in [5.41, 5.74) is 7.95. The third-order valence-electron chi connectivity index (χ3n) is 5.67. The van der Waals surface area contributed by atoms with Gasteiger partial charge in [-0.2, -0.15) is 11.8 Å². The van der Waals surface area contributed by atoms with E-state index in [1.807, 2.05) is 0 Å². The van der Waals surface area contributed by atoms with Gasteiger partial charge in [-0.3, -0.25) is 0 Å². The van der Waals surface area contributed by atoms with Crippen molar-refractivity contribution in [1.82, 2.24) is 0 Å². The van der Waals surface area contributed by atoms with Crippen molar-refractivity contribution in [2.75, 3.05) is 0 Å². The minimum absolute atomic E-state index is 0.589. The Balaban J connectivity index is 2.16. The Labute approximate surface area is 153 Å². The van der Waals surface area contributed by atoms with Crippen LogP contribution in [0.25, 0.3) is 5.57 Å². The molecule has 1 fully saturated rings. The lowest BCUT2D eigenvalue weighted by atomic mass is 9.79. The molecular formula is C23H34S. The van der Waals surface area contributed by atoms with Gasteiger partial charge in [0.2, 0.25) is 0 Å². The Bertz CT molecular complexity index is 592. The molecule has 2 aliphatic rings. The molecule has 2 atom stereocenters. The van der Waals surface area contributed by atoms with Gasteiger partial charge in [0, 0.05) is 10.5 Å². The number of hydrogen-bond acceptors (Lipinski definition) is 1. The summed E-state index contributed by atoms with van der Waals surface area (Å²) in [7, 11) is 0. The first-order valence-electron chi connectivity index (χ1n) is 9.91. The van der Waals surface area contributed by atoms with Gasteiger partial charge in [0.15, 0.2) is 0 Å². The van der Waals surface area contributed by atoms with Crippen molar-refractivity contribution >= 4 is 17.3 Å². The molecule has 2 aliphatic heterocycles. The maximum Gasteiger partial charge on any atom is 0.0235 e. The second-order valence-electron chi connectivity index (χ2n) is 8.66. The third kappa shape index (κ3) is 3.62. The number of rotatable bonds is 4. The summed E-state index contributed by atoms with van der Waals surface area (Å²) in [5, 5.41) is 1.62. The van der Waals surface area contributed by atoms with Crippen molar-refractivity contribution in [2.24, 2.45) is 0 Å². The highest BCUT2D eigenvalue weighted by Crippen LogP contribution is 2.46. The van der Waals surface area contributed by atoms with E-state index in [-0.39, 0.29) is 0 Å². The van der Waals surface area contributed by atoms with Crippen molar-refractivity contribution in [1.29, 1.82) is 0 Å². The lowest BCUT2D eigenvalue weighted by molar-refractivity contribution is 0.629. The highest BCUT2D eigenvalue weighted by Gasteiger charge is 2.30. The summed E-state index contributed by atoms with van der Waals surface area (Å²) in [4.78, 5) is 0. The molecule has 2 bridgehead atoms. The van der Waals surface area contributed by atoms with E-state index < -0.39 is 0 Å². The van der Waals surface area contributed by atoms with Crippen LogP contribution in [0.2, 0.25) is 0 Å². The first-order chi connectivity index (χ1) is 11.4. The van der Waals surface area contributed by atoms with Crippen LogP contribution < -0.4 is 0 Å². The van der Waals surface area contributed by atoms with Crippen molar-refractivity contribution in [3.8, 4) is 0 Å². The van der Waals surface area contributed by atoms with E-state index in [1.165, 1.54) is 31.2 Å². The van der Waals surface area contributed by atoms with Gasteiger partial charge in [-0.05, 0) is 64.8 Å². The third-order valence-corrected chi connectivity index (χ3v) is 7.18. The second-order valence-corrected chi connectivity index (χ2v) is 10.2. The topological polar surface area (TPSA) is 0 Å². The van der Waals surface area contributed by atoms with Gasteiger partial charge in [0.05, 0.1) is 0 Å². The minimum Gasteiger partial charge on any atom is -0.151 e. The lowest BCUT2D eigenvalue weighted by Crippen LogP contribution is -2.22. The van der Waals surface area contributed by atoms with E-state index in [2.05, 4.69) is 71.5 Å². The van der Waals surface area contributed by atoms with Crippen molar-refractivity contribution in [3.05, 3.63) is 40.5 Å². The molecule has 132 valence electrons. The highest BCUT2D eigenvalue weighted by molar-refractivity contribution is 8.00. The predicted octanol–water partition coefficient (Wildman–Crippen LogP) is 7.50. The normalized spacial score (nSPS) is 24.0. The van der Waals surface area contributed by atoms with E-state index in [1.54, 1.807) is 22.3 Å². The number of thioether (sulfide) groups is 1. The van der Waals surface area contributed by atoms with Crippen molar-refractivity contribution in [3.63, 3.8) is 0 Å². The monoisotopic (exact) mass is 342 g/mol. The van der Waals surface area contributed by atoms with E-state index in [9.17, 15) is 0 Å². The molecule has 0 aliphatic carbocycles. The molecule has 0 nitrogen and oxygen atoms in total. The Morgan fingerprint density at radius 2 is 1.50 bits per heavy atom. The Morgan fingerprint density at radius 1 is 0.875 bits per heavy atom. The van der Waals surface area contributed by atoms with E-state index in [4.69, 9.17) is 0 Å². The average molecular weight is 343 g/mol. The van der Waals surface area contributed by atoms with Crippen molar-refractivity contribution in [2.45, 2.75) is 95.5 Å². The summed E-state index contributed by atoms with van der Waals surface area (Å²) in [6.07, 6.45) is 8.12. The number of allylic oxidation sites excluding steroid dienone is 1. The van der Waals surface area contributed by atoms with Crippen LogP contribution in [0.5, 0.6) is 0 Å². The molecule has 0 amide bonds. The zero-order valence-electron chi connectivity index (χ0n) is 16.4. The van der Waals surface area contributed by atoms with E-state index >= 15 is 0 Å². The fourth-order valence-corrected chi connectivity index (χ4v) is 5.87. The van der Waals surface area contributed by atoms with Gasteiger partial charge in [0.25, 0.3) is 0 Å². The molecule has 2 heterocycles. The van der Waals surface area contributed by atoms with Crippen LogP contribution in [0.15, 0.2) is 18.2 Å². The van der Waals surface area contributed by atoms with Crippen LogP contribution >= 0.6 is 11.8 Å². The SMILES string of the molecule is CC(C)c1cc(C(C)C)c(C2=CC3CCCC(C2)S3)c(C(C)C)c1. The quantitative estimate of drug-likeness (QED) is 0.546. The fourth-order valence-electron chi connectivity index (χ4n) is 4.25. The molecule has 3 rings (SSSR count). The minimum atomic E-state index is 0.589. The largest absolute Gasteiger partial charge is 0.151 e. The molecule has 1 saturated heterocycles. The van der Waals surface area contributed by atoms with Gasteiger partial charge in [0.1, 0.15) is 0 Å². The standard InChI is InChI=1S/C23H34S/c1-14(2)17-12-21(15(3)4)23(22(13-17)16(5)6)18-10-19-8-7-9-20(11-18)24-19/h10,12-16,19-20H,7-9,11H2,1-6H3. The van der Waals surface area contributed by atoms with Crippen LogP contribution in [-0.2, 0) is 0 Å². The number of fused-ring (bicyclic) bond motifs is 2. The maximum absolute atomic E-state index is 2.63. The van der Waals surface area contributed by atoms with Gasteiger partial charge < -0.3 is 0 Å². The van der Waals surface area contributed by atoms with Gasteiger partial charge in [-0.25, -0.2) is 0 Å². The molecule has 0 spiro atoms. The van der Waals surface area contributed by atoms with Gasteiger partial charge in [-0.15, -0.1) is 0 Å². The molecule has 0 N–H and O–H groups in total. The Morgan fingerprint density at radius 3 is 2.00 bits per heavy atom. The second kappa shape index (κ2) is 7.28. The molecule has 0 aromatic heterocycles. The summed E-state index contributed by atoms with van der Waals surface area (Å²) < 4.78 is 0. The smallest absolute Gasteiger partial charge is 0.0235 e. The zero-order chi connectivity index (χ0) is 17.4. The van der Waals surface area contributed by atoms with E-state index in [0.29, 0.717) is 17.8 Å². The molecule has 1 heteroatoms. The molecule has 1 aromatic rings. The van der Waals surface area contributed by atoms with Gasteiger partial charge in [-0.1, -0.05) is 66.2 Å². The lowest BCUT2D eigenvalue weighted by Gasteiger charge is -2.35. The number of hydrogen-bond donors (Lipinski definition) is 0. The molecule has 2 unspecified atom stereocenters. The van der Waals surface area contributed by atoms with Crippen LogP contribution in [0.4, 0.5) is 0 Å². The molecule has 0 radical (unpaired) electrons. The summed E-state index contributed by atoms with van der Waals surface area (Å²) in [6.45, 7) is 14.1. The van der Waals surface area contributed by atoms with Crippen LogP contribution in [0.1, 0.15) is 107 Å². The Kier molecular flexibility index (Phi) is 5.49. The first kappa shape index (κ1) is 18.1. The summed E-state index contributed by atoms with van der Waals surface area (Å²) >= 11 is 2.23. The van der Waals surface area contributed by atoms with Crippen LogP contribution in [-0.4, -0.2) is 10.5 Å². The van der Waals surface area contributed by atoms with E-state index in [0.717, 1.165) is 10.5 Å². The first-order valence-corrected chi connectivity index (χ1v) is 10.8. The van der Waals surface area contributed by atoms with Crippen LogP contribution in [0.3, 0.4) is 0 Å². The highest BCUT2D eigenvalue weighted by atomic mass is 32.2. The van der Waals surface area contributed by atoms with Crippen LogP contribution in [0, 0.1) is 0 Å². The number of benzene rings is 1. The summed E-state index contributed by atoms with van der Waals surface area (Å²) in [5.74, 6) is 1.78. The summed E-state index contributed by atoms with van der Waals surface area (Å²) in [6, 6.07) is 5.02. The predicted molar refractivity (Wildman–Crippen MR) is 110 cm³/mol. The maximum atomic E-state index is 2.63. The molecular weight excluding hydrogens is 308 g/mol. The molecule has 24 heavy (non-hydrogen) atoms. The molecule has 1 aromatic carbocycles. The zero-order valence-corrected chi connectivity index (χ0v) is 17.2.